The van der Waals surface area contributed by atoms with Crippen LogP contribution in [-0.2, 0) is 4.79 Å². The van der Waals surface area contributed by atoms with Gasteiger partial charge in [-0.2, -0.15) is 0 Å². The number of aliphatic hydroxyl groups is 1. The summed E-state index contributed by atoms with van der Waals surface area (Å²) < 4.78 is 5.48. The second-order valence-corrected chi connectivity index (χ2v) is 6.65. The van der Waals surface area contributed by atoms with E-state index in [9.17, 15) is 9.90 Å². The number of rotatable bonds is 5. The van der Waals surface area contributed by atoms with E-state index in [2.05, 4.69) is 4.90 Å². The van der Waals surface area contributed by atoms with Gasteiger partial charge < -0.3 is 14.7 Å². The first-order valence-corrected chi connectivity index (χ1v) is 7.82. The van der Waals surface area contributed by atoms with E-state index in [4.69, 9.17) is 16.3 Å². The summed E-state index contributed by atoms with van der Waals surface area (Å²) in [7, 11) is 0. The Kier molecular flexibility index (Phi) is 5.67. The van der Waals surface area contributed by atoms with Crippen LogP contribution in [0.1, 0.15) is 13.8 Å². The molecule has 0 spiro atoms. The van der Waals surface area contributed by atoms with Gasteiger partial charge >= 0.3 is 0 Å². The fourth-order valence-electron chi connectivity index (χ4n) is 2.47. The monoisotopic (exact) mass is 326 g/mol. The molecule has 0 aromatic heterocycles. The van der Waals surface area contributed by atoms with Crippen molar-refractivity contribution in [3.8, 4) is 5.75 Å². The average molecular weight is 327 g/mol. The zero-order valence-electron chi connectivity index (χ0n) is 13.1. The first-order valence-electron chi connectivity index (χ1n) is 7.44. The molecule has 0 unspecified atom stereocenters. The number of ether oxygens (including phenoxy) is 1. The van der Waals surface area contributed by atoms with E-state index in [1.165, 1.54) is 0 Å². The highest BCUT2D eigenvalue weighted by Crippen LogP contribution is 2.15. The van der Waals surface area contributed by atoms with Gasteiger partial charge in [-0.1, -0.05) is 11.6 Å². The van der Waals surface area contributed by atoms with Crippen LogP contribution in [0, 0.1) is 0 Å². The lowest BCUT2D eigenvalue weighted by atomic mass is 10.1. The molecule has 1 amide bonds. The number of halogens is 1. The van der Waals surface area contributed by atoms with E-state index in [0.717, 1.165) is 13.1 Å². The van der Waals surface area contributed by atoms with Gasteiger partial charge in [-0.25, -0.2) is 0 Å². The Hall–Kier alpha value is -1.30. The molecule has 1 saturated heterocycles. The minimum atomic E-state index is -0.704. The van der Waals surface area contributed by atoms with Crippen LogP contribution in [0.4, 0.5) is 0 Å². The summed E-state index contributed by atoms with van der Waals surface area (Å²) >= 11 is 5.80. The van der Waals surface area contributed by atoms with Gasteiger partial charge in [-0.05, 0) is 38.1 Å². The van der Waals surface area contributed by atoms with Gasteiger partial charge in [-0.15, -0.1) is 0 Å². The van der Waals surface area contributed by atoms with Crippen LogP contribution in [0.5, 0.6) is 5.75 Å². The minimum absolute atomic E-state index is 0.0159. The lowest BCUT2D eigenvalue weighted by Gasteiger charge is -2.37. The van der Waals surface area contributed by atoms with E-state index in [1.54, 1.807) is 43.0 Å². The van der Waals surface area contributed by atoms with E-state index < -0.39 is 5.60 Å². The van der Waals surface area contributed by atoms with Gasteiger partial charge in [0.05, 0.1) is 5.60 Å². The van der Waals surface area contributed by atoms with Gasteiger partial charge in [-0.3, -0.25) is 9.69 Å². The zero-order chi connectivity index (χ0) is 16.2. The maximum atomic E-state index is 12.1. The molecule has 1 heterocycles. The molecule has 122 valence electrons. The number of nitrogens with zero attached hydrogens (tertiary/aromatic N) is 2. The maximum Gasteiger partial charge on any atom is 0.260 e. The topological polar surface area (TPSA) is 53.0 Å². The minimum Gasteiger partial charge on any atom is -0.484 e. The number of carbonyl (C=O) groups is 1. The molecule has 0 radical (unpaired) electrons. The Labute approximate surface area is 136 Å². The molecular formula is C16H23ClN2O3. The van der Waals surface area contributed by atoms with E-state index in [1.807, 2.05) is 0 Å². The quantitative estimate of drug-likeness (QED) is 0.893. The highest BCUT2D eigenvalue weighted by molar-refractivity contribution is 6.30. The van der Waals surface area contributed by atoms with Crippen molar-refractivity contribution < 1.29 is 14.6 Å². The van der Waals surface area contributed by atoms with Crippen molar-refractivity contribution in [2.75, 3.05) is 39.3 Å². The summed E-state index contributed by atoms with van der Waals surface area (Å²) in [5.74, 6) is 0.622. The zero-order valence-corrected chi connectivity index (χ0v) is 13.8. The Morgan fingerprint density at radius 3 is 2.36 bits per heavy atom. The second kappa shape index (κ2) is 7.31. The molecule has 0 aliphatic carbocycles. The molecular weight excluding hydrogens is 304 g/mol. The molecule has 1 aliphatic heterocycles. The van der Waals surface area contributed by atoms with Crippen molar-refractivity contribution in [3.05, 3.63) is 29.3 Å². The number of piperazine rings is 1. The summed E-state index contributed by atoms with van der Waals surface area (Å²) in [5.41, 5.74) is -0.704. The van der Waals surface area contributed by atoms with Crippen LogP contribution in [0.15, 0.2) is 24.3 Å². The molecule has 2 rings (SSSR count). The Bertz CT molecular complexity index is 491. The first kappa shape index (κ1) is 17.1. The SMILES string of the molecule is CC(C)(O)CN1CCN(C(=O)COc2ccc(Cl)cc2)CC1. The van der Waals surface area contributed by atoms with Crippen molar-refractivity contribution in [1.82, 2.24) is 9.80 Å². The molecule has 1 aromatic rings. The molecule has 1 fully saturated rings. The summed E-state index contributed by atoms with van der Waals surface area (Å²) in [4.78, 5) is 16.1. The number of hydrogen-bond acceptors (Lipinski definition) is 4. The number of hydrogen-bond donors (Lipinski definition) is 1. The average Bonchev–Trinajstić information content (AvgIpc) is 2.45. The number of carbonyl (C=O) groups excluding carboxylic acids is 1. The summed E-state index contributed by atoms with van der Waals surface area (Å²) in [6.07, 6.45) is 0. The smallest absolute Gasteiger partial charge is 0.260 e. The molecule has 0 saturated carbocycles. The van der Waals surface area contributed by atoms with Crippen LogP contribution >= 0.6 is 11.6 Å². The largest absolute Gasteiger partial charge is 0.484 e. The molecule has 0 atom stereocenters. The van der Waals surface area contributed by atoms with Crippen molar-refractivity contribution in [2.45, 2.75) is 19.4 Å². The van der Waals surface area contributed by atoms with Crippen molar-refractivity contribution in [1.29, 1.82) is 0 Å². The number of benzene rings is 1. The molecule has 1 aliphatic rings. The van der Waals surface area contributed by atoms with Crippen molar-refractivity contribution >= 4 is 17.5 Å². The normalized spacial score (nSPS) is 16.6. The summed E-state index contributed by atoms with van der Waals surface area (Å²) in [6.45, 7) is 7.13. The Balaban J connectivity index is 1.74. The fraction of sp³-hybridized carbons (Fsp3) is 0.562. The second-order valence-electron chi connectivity index (χ2n) is 6.21. The fourth-order valence-corrected chi connectivity index (χ4v) is 2.60. The first-order chi connectivity index (χ1) is 10.3. The third-order valence-electron chi connectivity index (χ3n) is 3.51. The van der Waals surface area contributed by atoms with Crippen LogP contribution in [-0.4, -0.2) is 65.7 Å². The predicted octanol–water partition coefficient (Wildman–Crippen LogP) is 1.63. The Morgan fingerprint density at radius 1 is 1.23 bits per heavy atom. The third kappa shape index (κ3) is 5.48. The van der Waals surface area contributed by atoms with Crippen LogP contribution in [0.2, 0.25) is 5.02 Å². The molecule has 1 aromatic carbocycles. The number of β-amino-alcohol motifs (C(OH)–C–C–N with tert-alkyl or cyclic N) is 1. The van der Waals surface area contributed by atoms with Gasteiger partial charge in [0, 0.05) is 37.7 Å². The van der Waals surface area contributed by atoms with Crippen molar-refractivity contribution in [3.63, 3.8) is 0 Å². The van der Waals surface area contributed by atoms with Crippen LogP contribution in [0.3, 0.4) is 0 Å². The lowest BCUT2D eigenvalue weighted by molar-refractivity contribution is -0.135. The van der Waals surface area contributed by atoms with Gasteiger partial charge in [0.1, 0.15) is 5.75 Å². The van der Waals surface area contributed by atoms with Crippen LogP contribution in [0.25, 0.3) is 0 Å². The van der Waals surface area contributed by atoms with Gasteiger partial charge in [0.25, 0.3) is 5.91 Å². The molecule has 0 bridgehead atoms. The molecule has 1 N–H and O–H groups in total. The Morgan fingerprint density at radius 2 is 1.82 bits per heavy atom. The predicted molar refractivity (Wildman–Crippen MR) is 86.3 cm³/mol. The highest BCUT2D eigenvalue weighted by atomic mass is 35.5. The van der Waals surface area contributed by atoms with Gasteiger partial charge in [0.15, 0.2) is 6.61 Å². The molecule has 6 heteroatoms. The molecule has 5 nitrogen and oxygen atoms in total. The summed E-state index contributed by atoms with van der Waals surface area (Å²) in [6, 6.07) is 6.96. The third-order valence-corrected chi connectivity index (χ3v) is 3.76. The highest BCUT2D eigenvalue weighted by Gasteiger charge is 2.25. The number of amides is 1. The molecule has 22 heavy (non-hydrogen) atoms. The van der Waals surface area contributed by atoms with Crippen LogP contribution < -0.4 is 4.74 Å². The van der Waals surface area contributed by atoms with Crippen molar-refractivity contribution in [2.24, 2.45) is 0 Å². The van der Waals surface area contributed by atoms with E-state index in [-0.39, 0.29) is 12.5 Å². The summed E-state index contributed by atoms with van der Waals surface area (Å²) in [5, 5.41) is 10.5. The maximum absolute atomic E-state index is 12.1. The van der Waals surface area contributed by atoms with Gasteiger partial charge in [0.2, 0.25) is 0 Å². The van der Waals surface area contributed by atoms with E-state index in [0.29, 0.717) is 30.4 Å². The van der Waals surface area contributed by atoms with E-state index >= 15 is 0 Å². The lowest BCUT2D eigenvalue weighted by Crippen LogP contribution is -2.52. The standard InChI is InChI=1S/C16H23ClN2O3/c1-16(2,21)12-18-7-9-19(10-8-18)15(20)11-22-14-5-3-13(17)4-6-14/h3-6,21H,7-12H2,1-2H3.